The van der Waals surface area contributed by atoms with Crippen LogP contribution in [0.15, 0.2) is 75.3 Å². The monoisotopic (exact) mass is 519 g/mol. The molecule has 1 fully saturated rings. The number of nitrogens with zero attached hydrogens (tertiary/aromatic N) is 1. The van der Waals surface area contributed by atoms with Gasteiger partial charge in [-0.1, -0.05) is 64.8 Å². The minimum Gasteiger partial charge on any atom is -0.462 e. The molecule has 0 aromatic heterocycles. The minimum atomic E-state index is -0.577. The predicted molar refractivity (Wildman–Crippen MR) is 137 cm³/mol. The first kappa shape index (κ1) is 23.2. The van der Waals surface area contributed by atoms with Crippen LogP contribution in [0, 0.1) is 5.92 Å². The molecule has 0 N–H and O–H groups in total. The summed E-state index contributed by atoms with van der Waals surface area (Å²) in [5.41, 5.74) is 4.38. The van der Waals surface area contributed by atoms with Gasteiger partial charge in [0.25, 0.3) is 0 Å². The van der Waals surface area contributed by atoms with E-state index >= 15 is 0 Å². The molecule has 2 aromatic rings. The van der Waals surface area contributed by atoms with Gasteiger partial charge in [0.2, 0.25) is 0 Å². The van der Waals surface area contributed by atoms with Crippen LogP contribution in [-0.4, -0.2) is 23.6 Å². The largest absolute Gasteiger partial charge is 0.462 e. The zero-order valence-electron chi connectivity index (χ0n) is 19.5. The van der Waals surface area contributed by atoms with E-state index in [0.717, 1.165) is 52.7 Å². The summed E-state index contributed by atoms with van der Waals surface area (Å²) in [6, 6.07) is 18.1. The molecule has 5 heteroatoms. The summed E-state index contributed by atoms with van der Waals surface area (Å²) in [5.74, 6) is -0.995. The molecule has 34 heavy (non-hydrogen) atoms. The second-order valence-corrected chi connectivity index (χ2v) is 10.7. The Balaban J connectivity index is 1.53. The highest BCUT2D eigenvalue weighted by molar-refractivity contribution is 9.10. The molecule has 3 atom stereocenters. The number of rotatable bonds is 4. The Bertz CT molecular complexity index is 1150. The van der Waals surface area contributed by atoms with Crippen LogP contribution in [0.4, 0.5) is 0 Å². The van der Waals surface area contributed by atoms with Gasteiger partial charge in [-0.05, 0) is 68.2 Å². The van der Waals surface area contributed by atoms with Crippen molar-refractivity contribution in [2.75, 3.05) is 0 Å². The van der Waals surface area contributed by atoms with E-state index in [1.165, 1.54) is 6.42 Å². The van der Waals surface area contributed by atoms with Crippen LogP contribution in [0.2, 0.25) is 0 Å². The van der Waals surface area contributed by atoms with E-state index in [9.17, 15) is 9.59 Å². The van der Waals surface area contributed by atoms with Crippen LogP contribution in [0.3, 0.4) is 0 Å². The predicted octanol–water partition coefficient (Wildman–Crippen LogP) is 6.90. The van der Waals surface area contributed by atoms with Gasteiger partial charge in [0.1, 0.15) is 12.0 Å². The second-order valence-electron chi connectivity index (χ2n) is 9.76. The number of allylic oxidation sites excluding steroid dienone is 2. The lowest BCUT2D eigenvalue weighted by atomic mass is 9.69. The molecule has 0 amide bonds. The molecule has 1 unspecified atom stereocenters. The number of Topliss-reactive ketones (excluding diaryl/α,β-unsaturated/α-hetero) is 1. The first-order valence-electron chi connectivity index (χ1n) is 12.3. The van der Waals surface area contributed by atoms with Crippen molar-refractivity contribution in [2.24, 2.45) is 10.9 Å². The summed E-state index contributed by atoms with van der Waals surface area (Å²) in [6.07, 6.45) is 6.34. The molecule has 2 aliphatic carbocycles. The van der Waals surface area contributed by atoms with Gasteiger partial charge in [-0.15, -0.1) is 0 Å². The number of benzene rings is 2. The summed E-state index contributed by atoms with van der Waals surface area (Å²) >= 11 is 3.58. The van der Waals surface area contributed by atoms with E-state index in [1.807, 2.05) is 49.4 Å². The van der Waals surface area contributed by atoms with E-state index in [2.05, 4.69) is 28.1 Å². The molecule has 2 aromatic carbocycles. The smallest absolute Gasteiger partial charge is 0.315 e. The number of carbonyl (C=O) groups excluding carboxylic acids is 2. The molecule has 0 spiro atoms. The number of hydrogen-bond acceptors (Lipinski definition) is 4. The number of halogens is 1. The van der Waals surface area contributed by atoms with Crippen molar-refractivity contribution in [3.8, 4) is 0 Å². The Hall–Kier alpha value is -2.53. The highest BCUT2D eigenvalue weighted by Crippen LogP contribution is 2.47. The molecule has 0 bridgehead atoms. The van der Waals surface area contributed by atoms with Crippen molar-refractivity contribution in [3.63, 3.8) is 0 Å². The second kappa shape index (κ2) is 9.99. The Morgan fingerprint density at radius 1 is 0.971 bits per heavy atom. The van der Waals surface area contributed by atoms with Gasteiger partial charge in [0.05, 0.1) is 0 Å². The molecule has 1 aliphatic heterocycles. The highest BCUT2D eigenvalue weighted by Gasteiger charge is 2.45. The number of carbonyl (C=O) groups is 2. The molecular formula is C29H30BrNO3. The highest BCUT2D eigenvalue weighted by atomic mass is 79.9. The lowest BCUT2D eigenvalue weighted by Gasteiger charge is -2.37. The molecule has 1 saturated carbocycles. The molecule has 3 aliphatic rings. The number of ketones is 1. The fourth-order valence-electron chi connectivity index (χ4n) is 5.81. The fourth-order valence-corrected chi connectivity index (χ4v) is 6.22. The summed E-state index contributed by atoms with van der Waals surface area (Å²) in [5, 5.41) is 0. The summed E-state index contributed by atoms with van der Waals surface area (Å²) in [6.45, 7) is 1.91. The van der Waals surface area contributed by atoms with E-state index in [0.29, 0.717) is 18.4 Å². The molecule has 1 heterocycles. The summed E-state index contributed by atoms with van der Waals surface area (Å²) in [4.78, 5) is 32.1. The Morgan fingerprint density at radius 3 is 2.44 bits per heavy atom. The molecule has 176 valence electrons. The molecule has 0 radical (unpaired) electrons. The van der Waals surface area contributed by atoms with Crippen LogP contribution in [0.5, 0.6) is 0 Å². The van der Waals surface area contributed by atoms with E-state index in [-0.39, 0.29) is 29.7 Å². The first-order chi connectivity index (χ1) is 16.5. The van der Waals surface area contributed by atoms with Crippen molar-refractivity contribution < 1.29 is 14.3 Å². The van der Waals surface area contributed by atoms with Gasteiger partial charge < -0.3 is 4.74 Å². The normalized spacial score (nSPS) is 25.5. The third kappa shape index (κ3) is 4.68. The summed E-state index contributed by atoms with van der Waals surface area (Å²) < 4.78 is 6.95. The van der Waals surface area contributed by atoms with Crippen LogP contribution in [-0.2, 0) is 14.3 Å². The van der Waals surface area contributed by atoms with Crippen molar-refractivity contribution in [1.29, 1.82) is 0 Å². The van der Waals surface area contributed by atoms with E-state index in [1.54, 1.807) is 0 Å². The maximum Gasteiger partial charge on any atom is 0.315 e. The van der Waals surface area contributed by atoms with Gasteiger partial charge >= 0.3 is 5.97 Å². The fraction of sp³-hybridized carbons (Fsp3) is 0.414. The quantitative estimate of drug-likeness (QED) is 0.412. The van der Waals surface area contributed by atoms with Crippen LogP contribution < -0.4 is 0 Å². The molecule has 5 rings (SSSR count). The topological polar surface area (TPSA) is 55.7 Å². The van der Waals surface area contributed by atoms with Gasteiger partial charge in [-0.25, -0.2) is 0 Å². The van der Waals surface area contributed by atoms with Gasteiger partial charge in [-0.2, -0.15) is 0 Å². The Kier molecular flexibility index (Phi) is 6.82. The van der Waals surface area contributed by atoms with Crippen LogP contribution >= 0.6 is 15.9 Å². The van der Waals surface area contributed by atoms with E-state index in [4.69, 9.17) is 9.73 Å². The maximum absolute atomic E-state index is 13.7. The minimum absolute atomic E-state index is 0.0305. The lowest BCUT2D eigenvalue weighted by molar-refractivity contribution is -0.153. The van der Waals surface area contributed by atoms with Gasteiger partial charge in [0, 0.05) is 33.8 Å². The average Bonchev–Trinajstić information content (AvgIpc) is 2.84. The van der Waals surface area contributed by atoms with Crippen LogP contribution in [0.1, 0.15) is 74.8 Å². The third-order valence-corrected chi connectivity index (χ3v) is 7.95. The zero-order chi connectivity index (χ0) is 23.7. The molecular weight excluding hydrogens is 490 g/mol. The van der Waals surface area contributed by atoms with Gasteiger partial charge in [0.15, 0.2) is 5.78 Å². The number of hydrogen-bond donors (Lipinski definition) is 0. The number of ether oxygens (including phenoxy) is 1. The molecule has 0 saturated heterocycles. The van der Waals surface area contributed by atoms with Crippen molar-refractivity contribution >= 4 is 33.4 Å². The van der Waals surface area contributed by atoms with Crippen molar-refractivity contribution in [3.05, 3.63) is 81.5 Å². The third-order valence-electron chi connectivity index (χ3n) is 7.46. The Labute approximate surface area is 209 Å². The zero-order valence-corrected chi connectivity index (χ0v) is 21.1. The maximum atomic E-state index is 13.7. The lowest BCUT2D eigenvalue weighted by Crippen LogP contribution is -2.39. The van der Waals surface area contributed by atoms with E-state index < -0.39 is 5.92 Å². The van der Waals surface area contributed by atoms with Gasteiger partial charge in [-0.3, -0.25) is 14.6 Å². The standard InChI is InChI=1S/C29H30BrNO3/c1-18-26(29(33)34-23-13-6-3-7-14-23)27(20-11-8-12-22(30)15-20)28-24(31-18)16-21(17-25(28)32)19-9-4-2-5-10-19/h2,4-5,8-12,15,21,23,26-27H,3,6-7,13-14,16-17H2,1H3/t21-,26?,27+/m1/s1. The van der Waals surface area contributed by atoms with Crippen molar-refractivity contribution in [2.45, 2.75) is 69.8 Å². The summed E-state index contributed by atoms with van der Waals surface area (Å²) in [7, 11) is 0. The Morgan fingerprint density at radius 2 is 1.71 bits per heavy atom. The SMILES string of the molecule is CC1=NC2=C(C(=O)C[C@H](c3ccccc3)C2)[C@@H](c2cccc(Br)c2)C1C(=O)OC1CCCCC1. The van der Waals surface area contributed by atoms with Crippen molar-refractivity contribution in [1.82, 2.24) is 0 Å². The first-order valence-corrected chi connectivity index (χ1v) is 13.1. The molecule has 4 nitrogen and oxygen atoms in total. The number of esters is 1. The average molecular weight is 520 g/mol. The van der Waals surface area contributed by atoms with Crippen LogP contribution in [0.25, 0.3) is 0 Å². The number of aliphatic imine (C=N–C) groups is 1.